The van der Waals surface area contributed by atoms with Gasteiger partial charge in [0.1, 0.15) is 28.9 Å². The predicted octanol–water partition coefficient (Wildman–Crippen LogP) is 1.57. The summed E-state index contributed by atoms with van der Waals surface area (Å²) in [5.74, 6) is 1.46. The van der Waals surface area contributed by atoms with Crippen LogP contribution in [0.2, 0.25) is 0 Å². The van der Waals surface area contributed by atoms with Crippen molar-refractivity contribution in [3.05, 3.63) is 60.8 Å². The van der Waals surface area contributed by atoms with E-state index >= 15 is 0 Å². The van der Waals surface area contributed by atoms with E-state index in [9.17, 15) is 0 Å². The third-order valence-electron chi connectivity index (χ3n) is 4.49. The van der Waals surface area contributed by atoms with Gasteiger partial charge in [-0.15, -0.1) is 5.10 Å². The molecule has 0 aliphatic carbocycles. The number of nitrogens with one attached hydrogen (secondary N) is 1. The lowest BCUT2D eigenvalue weighted by atomic mass is 10.1. The summed E-state index contributed by atoms with van der Waals surface area (Å²) >= 11 is 0. The third kappa shape index (κ3) is 3.17. The number of ether oxygens (including phenoxy) is 1. The molecule has 0 amide bonds. The Hall–Kier alpha value is -4.41. The number of benzene rings is 1. The van der Waals surface area contributed by atoms with Crippen molar-refractivity contribution in [2.45, 2.75) is 6.54 Å². The average molecular weight is 403 g/mol. The van der Waals surface area contributed by atoms with Gasteiger partial charge < -0.3 is 15.3 Å². The zero-order chi connectivity index (χ0) is 20.5. The van der Waals surface area contributed by atoms with Gasteiger partial charge in [0.2, 0.25) is 5.95 Å². The number of aromatic nitrogens is 7. The Bertz CT molecular complexity index is 1290. The topological polar surface area (TPSA) is 131 Å². The molecule has 11 heteroatoms. The van der Waals surface area contributed by atoms with Crippen molar-refractivity contribution in [3.8, 4) is 17.1 Å². The van der Waals surface area contributed by atoms with E-state index in [0.29, 0.717) is 35.0 Å². The predicted molar refractivity (Wildman–Crippen MR) is 108 cm³/mol. The van der Waals surface area contributed by atoms with Crippen LogP contribution in [0.3, 0.4) is 0 Å². The molecule has 4 aromatic rings. The number of nitrogens with two attached hydrogens (primary N) is 1. The first-order valence-electron chi connectivity index (χ1n) is 9.05. The molecule has 0 unspecified atom stereocenters. The van der Waals surface area contributed by atoms with Gasteiger partial charge in [-0.3, -0.25) is 0 Å². The Labute approximate surface area is 170 Å². The number of allylic oxidation sites excluding steroid dienone is 2. The van der Waals surface area contributed by atoms with Crippen LogP contribution >= 0.6 is 0 Å². The van der Waals surface area contributed by atoms with E-state index in [0.717, 1.165) is 11.1 Å². The van der Waals surface area contributed by atoms with Gasteiger partial charge in [-0.25, -0.2) is 24.8 Å². The molecular formula is C19H17N9O2. The van der Waals surface area contributed by atoms with Crippen molar-refractivity contribution in [1.29, 1.82) is 0 Å². The van der Waals surface area contributed by atoms with E-state index in [2.05, 4.69) is 30.9 Å². The van der Waals surface area contributed by atoms with Gasteiger partial charge in [0.15, 0.2) is 5.82 Å². The van der Waals surface area contributed by atoms with E-state index in [-0.39, 0.29) is 5.95 Å². The highest BCUT2D eigenvalue weighted by Crippen LogP contribution is 2.30. The zero-order valence-corrected chi connectivity index (χ0v) is 15.9. The fourth-order valence-corrected chi connectivity index (χ4v) is 3.15. The molecule has 11 nitrogen and oxygen atoms in total. The lowest BCUT2D eigenvalue weighted by Crippen LogP contribution is -2.18. The van der Waals surface area contributed by atoms with Crippen molar-refractivity contribution in [2.24, 2.45) is 0 Å². The lowest BCUT2D eigenvalue weighted by Gasteiger charge is -2.11. The molecule has 0 atom stereocenters. The first-order valence-corrected chi connectivity index (χ1v) is 9.05. The molecule has 3 N–H and O–H groups in total. The van der Waals surface area contributed by atoms with Gasteiger partial charge in [-0.1, -0.05) is 17.3 Å². The van der Waals surface area contributed by atoms with E-state index in [4.69, 9.17) is 15.3 Å². The maximum atomic E-state index is 5.92. The van der Waals surface area contributed by atoms with Crippen molar-refractivity contribution in [1.82, 2.24) is 40.2 Å². The Kier molecular flexibility index (Phi) is 4.24. The Morgan fingerprint density at radius 2 is 2.17 bits per heavy atom. The normalized spacial score (nSPS) is 13.0. The second kappa shape index (κ2) is 7.20. The van der Waals surface area contributed by atoms with Crippen LogP contribution < -0.4 is 16.0 Å². The molecule has 1 aliphatic rings. The van der Waals surface area contributed by atoms with Gasteiger partial charge in [0.25, 0.3) is 0 Å². The minimum atomic E-state index is 0.139. The van der Waals surface area contributed by atoms with Crippen LogP contribution in [0.5, 0.6) is 5.75 Å². The summed E-state index contributed by atoms with van der Waals surface area (Å²) in [6, 6.07) is 7.48. The summed E-state index contributed by atoms with van der Waals surface area (Å²) in [5, 5.41) is 13.8. The van der Waals surface area contributed by atoms with Crippen LogP contribution in [0.4, 0.5) is 5.95 Å². The highest BCUT2D eigenvalue weighted by molar-refractivity contribution is 5.95. The molecule has 1 aromatic carbocycles. The smallest absolute Gasteiger partial charge is 0.221 e. The highest BCUT2D eigenvalue weighted by Gasteiger charge is 2.15. The molecule has 4 heterocycles. The lowest BCUT2D eigenvalue weighted by molar-refractivity contribution is 0.174. The number of nitrogen functional groups attached to an aromatic ring is 1. The first-order chi connectivity index (χ1) is 14.7. The fraction of sp³-hybridized carbons (Fsp3) is 0.105. The number of anilines is 1. The summed E-state index contributed by atoms with van der Waals surface area (Å²) in [5.41, 5.74) is 11.3. The molecule has 150 valence electrons. The Morgan fingerprint density at radius 1 is 1.23 bits per heavy atom. The molecule has 0 saturated carbocycles. The summed E-state index contributed by atoms with van der Waals surface area (Å²) in [6.45, 7) is 0.436. The molecular weight excluding hydrogens is 386 g/mol. The van der Waals surface area contributed by atoms with Gasteiger partial charge in [-0.2, -0.15) is 5.10 Å². The van der Waals surface area contributed by atoms with E-state index < -0.39 is 0 Å². The van der Waals surface area contributed by atoms with Crippen molar-refractivity contribution in [2.75, 3.05) is 12.8 Å². The molecule has 0 fully saturated rings. The second-order valence-electron chi connectivity index (χ2n) is 6.44. The minimum absolute atomic E-state index is 0.139. The van der Waals surface area contributed by atoms with Gasteiger partial charge >= 0.3 is 0 Å². The minimum Gasteiger partial charge on any atom is -0.494 e. The monoisotopic (exact) mass is 403 g/mol. The number of nitrogens with zero attached hydrogens (tertiary/aromatic N) is 7. The van der Waals surface area contributed by atoms with Crippen LogP contribution in [-0.4, -0.2) is 41.9 Å². The average Bonchev–Trinajstić information content (AvgIpc) is 3.43. The van der Waals surface area contributed by atoms with Gasteiger partial charge in [0, 0.05) is 11.6 Å². The molecule has 3 aromatic heterocycles. The summed E-state index contributed by atoms with van der Waals surface area (Å²) in [6.07, 6.45) is 8.81. The van der Waals surface area contributed by atoms with E-state index in [1.54, 1.807) is 35.0 Å². The molecule has 0 saturated heterocycles. The fourth-order valence-electron chi connectivity index (χ4n) is 3.15. The van der Waals surface area contributed by atoms with Crippen molar-refractivity contribution in [3.63, 3.8) is 0 Å². The maximum Gasteiger partial charge on any atom is 0.221 e. The molecule has 30 heavy (non-hydrogen) atoms. The van der Waals surface area contributed by atoms with E-state index in [1.165, 1.54) is 0 Å². The van der Waals surface area contributed by atoms with Crippen LogP contribution in [0, 0.1) is 0 Å². The van der Waals surface area contributed by atoms with Crippen LogP contribution in [-0.2, 0) is 11.4 Å². The molecule has 0 spiro atoms. The van der Waals surface area contributed by atoms with Crippen LogP contribution in [0.1, 0.15) is 5.69 Å². The number of methoxy groups -OCH3 is 1. The second-order valence-corrected chi connectivity index (χ2v) is 6.44. The summed E-state index contributed by atoms with van der Waals surface area (Å²) < 4.78 is 8.76. The quantitative estimate of drug-likeness (QED) is 0.510. The van der Waals surface area contributed by atoms with Crippen molar-refractivity contribution >= 4 is 22.7 Å². The van der Waals surface area contributed by atoms with Crippen LogP contribution in [0.15, 0.2) is 55.1 Å². The maximum absolute atomic E-state index is 5.92. The SMILES string of the molecule is COc1cccc2c(-c3cn(Cc4ccn(C5=CC=CON5)n4)nn3)nc(N)nc12. The first kappa shape index (κ1) is 17.7. The number of para-hydroxylation sites is 1. The van der Waals surface area contributed by atoms with Crippen LogP contribution in [0.25, 0.3) is 28.1 Å². The standard InChI is InChI=1S/C19H17N9O2/c1-29-15-5-2-4-13-17(21-19(20)22-18(13)15)14-11-27(26-23-14)10-12-7-8-28(24-12)16-6-3-9-30-25-16/h2-9,11,25H,10H2,1H3,(H2,20,21,22). The number of rotatable bonds is 5. The highest BCUT2D eigenvalue weighted by atomic mass is 16.6. The molecule has 0 radical (unpaired) electrons. The number of hydroxylamine groups is 1. The molecule has 1 aliphatic heterocycles. The van der Waals surface area contributed by atoms with Crippen molar-refractivity contribution < 1.29 is 9.57 Å². The Morgan fingerprint density at radius 3 is 3.00 bits per heavy atom. The number of hydrogen-bond donors (Lipinski definition) is 2. The largest absolute Gasteiger partial charge is 0.494 e. The number of hydrogen-bond acceptors (Lipinski definition) is 9. The molecule has 0 bridgehead atoms. The van der Waals surface area contributed by atoms with E-state index in [1.807, 2.05) is 36.5 Å². The van der Waals surface area contributed by atoms with Gasteiger partial charge in [-0.05, 0) is 24.3 Å². The molecule has 5 rings (SSSR count). The third-order valence-corrected chi connectivity index (χ3v) is 4.49. The van der Waals surface area contributed by atoms with Gasteiger partial charge in [0.05, 0.1) is 25.5 Å². The number of fused-ring (bicyclic) bond motifs is 1. The zero-order valence-electron chi connectivity index (χ0n) is 15.9. The Balaban J connectivity index is 1.45. The summed E-state index contributed by atoms with van der Waals surface area (Å²) in [4.78, 5) is 13.7. The summed E-state index contributed by atoms with van der Waals surface area (Å²) in [7, 11) is 1.59.